The van der Waals surface area contributed by atoms with Crippen molar-refractivity contribution in [1.29, 1.82) is 0 Å². The standard InChI is InChI=1S/C20H22N2O4S/c1-13-4-6-15(7-5-13)26-12-14(23)11-22-18(24)20(21-19(22)25)9-2-3-17-16(20)8-10-27-17/h4-8,10,14,23H,2-3,9,11-12H2,1H3,(H,21,25)/t14-,20+/m0/s1. The van der Waals surface area contributed by atoms with Gasteiger partial charge in [-0.25, -0.2) is 4.79 Å². The van der Waals surface area contributed by atoms with Crippen molar-refractivity contribution in [3.8, 4) is 5.75 Å². The number of amides is 3. The number of nitrogens with zero attached hydrogens (tertiary/aromatic N) is 1. The van der Waals surface area contributed by atoms with Crippen molar-refractivity contribution in [3.63, 3.8) is 0 Å². The van der Waals surface area contributed by atoms with Crippen LogP contribution >= 0.6 is 11.3 Å². The number of hydrogen-bond donors (Lipinski definition) is 2. The maximum absolute atomic E-state index is 13.1. The van der Waals surface area contributed by atoms with Gasteiger partial charge in [0.25, 0.3) is 5.91 Å². The Bertz CT molecular complexity index is 863. The fraction of sp³-hybridized carbons (Fsp3) is 0.400. The van der Waals surface area contributed by atoms with E-state index in [1.54, 1.807) is 11.3 Å². The van der Waals surface area contributed by atoms with Crippen LogP contribution in [0.2, 0.25) is 0 Å². The molecule has 2 aliphatic rings. The van der Waals surface area contributed by atoms with Gasteiger partial charge in [0.15, 0.2) is 0 Å². The van der Waals surface area contributed by atoms with E-state index in [1.165, 1.54) is 0 Å². The van der Waals surface area contributed by atoms with Gasteiger partial charge in [-0.05, 0) is 49.8 Å². The lowest BCUT2D eigenvalue weighted by Crippen LogP contribution is -2.46. The first-order chi connectivity index (χ1) is 13.0. The molecule has 0 radical (unpaired) electrons. The van der Waals surface area contributed by atoms with Gasteiger partial charge in [0, 0.05) is 10.4 Å². The van der Waals surface area contributed by atoms with Gasteiger partial charge in [-0.3, -0.25) is 9.69 Å². The molecule has 142 valence electrons. The number of aliphatic hydroxyl groups excluding tert-OH is 1. The highest BCUT2D eigenvalue weighted by Crippen LogP contribution is 2.42. The molecule has 1 aromatic heterocycles. The van der Waals surface area contributed by atoms with Gasteiger partial charge < -0.3 is 15.2 Å². The fourth-order valence-corrected chi connectivity index (χ4v) is 4.80. The minimum Gasteiger partial charge on any atom is -0.491 e. The number of rotatable bonds is 5. The molecular weight excluding hydrogens is 364 g/mol. The van der Waals surface area contributed by atoms with Crippen LogP contribution in [0.1, 0.15) is 28.8 Å². The largest absolute Gasteiger partial charge is 0.491 e. The Labute approximate surface area is 161 Å². The first kappa shape index (κ1) is 18.0. The molecule has 2 heterocycles. The molecule has 2 aromatic rings. The van der Waals surface area contributed by atoms with Crippen molar-refractivity contribution < 1.29 is 19.4 Å². The number of benzene rings is 1. The number of nitrogens with one attached hydrogen (secondary N) is 1. The first-order valence-electron chi connectivity index (χ1n) is 9.08. The molecule has 3 amide bonds. The van der Waals surface area contributed by atoms with Gasteiger partial charge in [0.05, 0.1) is 6.54 Å². The summed E-state index contributed by atoms with van der Waals surface area (Å²) >= 11 is 1.62. The normalized spacial score (nSPS) is 22.7. The Morgan fingerprint density at radius 1 is 1.30 bits per heavy atom. The topological polar surface area (TPSA) is 78.9 Å². The average molecular weight is 386 g/mol. The molecule has 7 heteroatoms. The maximum atomic E-state index is 13.1. The minimum atomic E-state index is -0.970. The van der Waals surface area contributed by atoms with Crippen LogP contribution in [0.15, 0.2) is 35.7 Å². The third-order valence-electron chi connectivity index (χ3n) is 5.19. The van der Waals surface area contributed by atoms with Crippen LogP contribution in [-0.2, 0) is 16.8 Å². The Morgan fingerprint density at radius 3 is 2.85 bits per heavy atom. The number of hydrogen-bond acceptors (Lipinski definition) is 5. The van der Waals surface area contributed by atoms with E-state index in [2.05, 4.69) is 5.32 Å². The summed E-state index contributed by atoms with van der Waals surface area (Å²) in [5.41, 5.74) is 1.06. The quantitative estimate of drug-likeness (QED) is 0.774. The second kappa shape index (κ2) is 6.98. The highest BCUT2D eigenvalue weighted by molar-refractivity contribution is 7.10. The van der Waals surface area contributed by atoms with Crippen LogP contribution in [0.25, 0.3) is 0 Å². The summed E-state index contributed by atoms with van der Waals surface area (Å²) in [7, 11) is 0. The number of urea groups is 1. The number of β-amino-alcohol motifs (C(OH)–C–C–N with tert-alkyl or cyclic N) is 1. The van der Waals surface area contributed by atoms with E-state index in [0.717, 1.165) is 33.7 Å². The molecule has 4 rings (SSSR count). The van der Waals surface area contributed by atoms with Gasteiger partial charge in [0.2, 0.25) is 0 Å². The highest BCUT2D eigenvalue weighted by Gasteiger charge is 2.54. The Balaban J connectivity index is 1.43. The van der Waals surface area contributed by atoms with Crippen LogP contribution in [0.4, 0.5) is 4.79 Å². The molecule has 27 heavy (non-hydrogen) atoms. The molecule has 1 aliphatic carbocycles. The molecule has 0 bridgehead atoms. The zero-order valence-electron chi connectivity index (χ0n) is 15.1. The summed E-state index contributed by atoms with van der Waals surface area (Å²) in [6.07, 6.45) is 1.42. The molecule has 2 atom stereocenters. The summed E-state index contributed by atoms with van der Waals surface area (Å²) in [5, 5.41) is 15.2. The fourth-order valence-electron chi connectivity index (χ4n) is 3.80. The van der Waals surface area contributed by atoms with Crippen molar-refractivity contribution in [2.24, 2.45) is 0 Å². The molecular formula is C20H22N2O4S. The Kier molecular flexibility index (Phi) is 4.65. The number of fused-ring (bicyclic) bond motifs is 2. The van der Waals surface area contributed by atoms with E-state index in [-0.39, 0.29) is 19.1 Å². The molecule has 1 spiro atoms. The van der Waals surface area contributed by atoms with Crippen molar-refractivity contribution in [3.05, 3.63) is 51.7 Å². The molecule has 2 N–H and O–H groups in total. The third-order valence-corrected chi connectivity index (χ3v) is 6.17. The lowest BCUT2D eigenvalue weighted by atomic mass is 9.80. The zero-order valence-corrected chi connectivity index (χ0v) is 15.9. The highest BCUT2D eigenvalue weighted by atomic mass is 32.1. The SMILES string of the molecule is Cc1ccc(OC[C@@H](O)CN2C(=O)N[C@@]3(CCCc4sccc43)C2=O)cc1. The van der Waals surface area contributed by atoms with E-state index in [0.29, 0.717) is 12.2 Å². The van der Waals surface area contributed by atoms with E-state index in [9.17, 15) is 14.7 Å². The second-order valence-corrected chi connectivity index (χ2v) is 8.14. The van der Waals surface area contributed by atoms with Gasteiger partial charge in [-0.1, -0.05) is 17.7 Å². The van der Waals surface area contributed by atoms with Gasteiger partial charge in [0.1, 0.15) is 24.0 Å². The molecule has 0 saturated carbocycles. The Hall–Kier alpha value is -2.38. The summed E-state index contributed by atoms with van der Waals surface area (Å²) in [4.78, 5) is 27.9. The van der Waals surface area contributed by atoms with Gasteiger partial charge in [-0.2, -0.15) is 0 Å². The van der Waals surface area contributed by atoms with Gasteiger partial charge in [-0.15, -0.1) is 11.3 Å². The van der Waals surface area contributed by atoms with E-state index in [4.69, 9.17) is 4.74 Å². The van der Waals surface area contributed by atoms with Crippen LogP contribution < -0.4 is 10.1 Å². The third kappa shape index (κ3) is 3.21. The average Bonchev–Trinajstić information content (AvgIpc) is 3.22. The summed E-state index contributed by atoms with van der Waals surface area (Å²) in [6, 6.07) is 8.97. The predicted octanol–water partition coefficient (Wildman–Crippen LogP) is 2.58. The lowest BCUT2D eigenvalue weighted by molar-refractivity contribution is -0.133. The number of carbonyl (C=O) groups excluding carboxylic acids is 2. The molecule has 0 unspecified atom stereocenters. The minimum absolute atomic E-state index is 0.0107. The van der Waals surface area contributed by atoms with Crippen molar-refractivity contribution >= 4 is 23.3 Å². The number of imide groups is 1. The molecule has 6 nitrogen and oxygen atoms in total. The van der Waals surface area contributed by atoms with Crippen LogP contribution in [-0.4, -0.2) is 41.2 Å². The van der Waals surface area contributed by atoms with Crippen molar-refractivity contribution in [2.75, 3.05) is 13.2 Å². The number of carbonyl (C=O) groups is 2. The van der Waals surface area contributed by atoms with Crippen molar-refractivity contribution in [2.45, 2.75) is 37.8 Å². The number of thiophene rings is 1. The van der Waals surface area contributed by atoms with Gasteiger partial charge >= 0.3 is 6.03 Å². The molecule has 1 aromatic carbocycles. The van der Waals surface area contributed by atoms with E-state index in [1.807, 2.05) is 42.6 Å². The maximum Gasteiger partial charge on any atom is 0.325 e. The van der Waals surface area contributed by atoms with E-state index >= 15 is 0 Å². The monoisotopic (exact) mass is 386 g/mol. The number of ether oxygens (including phenoxy) is 1. The smallest absolute Gasteiger partial charge is 0.325 e. The van der Waals surface area contributed by atoms with Crippen LogP contribution in [0.5, 0.6) is 5.75 Å². The molecule has 1 aliphatic heterocycles. The summed E-state index contributed by atoms with van der Waals surface area (Å²) in [5.74, 6) is 0.366. The van der Waals surface area contributed by atoms with Crippen LogP contribution in [0.3, 0.4) is 0 Å². The summed E-state index contributed by atoms with van der Waals surface area (Å²) < 4.78 is 5.57. The Morgan fingerprint density at radius 2 is 2.07 bits per heavy atom. The second-order valence-electron chi connectivity index (χ2n) is 7.14. The first-order valence-corrected chi connectivity index (χ1v) is 9.96. The van der Waals surface area contributed by atoms with E-state index < -0.39 is 17.7 Å². The molecule has 1 saturated heterocycles. The molecule has 1 fully saturated rings. The van der Waals surface area contributed by atoms with Crippen LogP contribution in [0, 0.1) is 6.92 Å². The number of aliphatic hydroxyl groups is 1. The zero-order chi connectivity index (χ0) is 19.0. The summed E-state index contributed by atoms with van der Waals surface area (Å²) in [6.45, 7) is 1.91. The number of aryl methyl sites for hydroxylation is 2. The van der Waals surface area contributed by atoms with Crippen molar-refractivity contribution in [1.82, 2.24) is 10.2 Å². The lowest BCUT2D eigenvalue weighted by Gasteiger charge is -2.31. The predicted molar refractivity (Wildman–Crippen MR) is 102 cm³/mol.